The minimum absolute atomic E-state index is 0.132. The summed E-state index contributed by atoms with van der Waals surface area (Å²) in [7, 11) is 0. The van der Waals surface area contributed by atoms with Gasteiger partial charge in [0.25, 0.3) is 0 Å². The van der Waals surface area contributed by atoms with Crippen molar-refractivity contribution in [2.45, 2.75) is 206 Å². The Morgan fingerprint density at radius 2 is 0.358 bits per heavy atom. The van der Waals surface area contributed by atoms with Crippen LogP contribution >= 0.6 is 0 Å². The molecule has 0 atom stereocenters. The third-order valence-corrected chi connectivity index (χ3v) is 11.4. The molecule has 0 spiro atoms. The van der Waals surface area contributed by atoms with Crippen LogP contribution in [-0.2, 0) is 61.7 Å². The highest BCUT2D eigenvalue weighted by atomic mass is 16.6. The number of hydrogen-bond donors (Lipinski definition) is 0. The van der Waals surface area contributed by atoms with Crippen molar-refractivity contribution in [1.82, 2.24) is 0 Å². The summed E-state index contributed by atoms with van der Waals surface area (Å²) in [6, 6.07) is 0. The Morgan fingerprint density at radius 3 is 0.537 bits per heavy atom. The monoisotopic (exact) mass is 963 g/mol. The molecule has 0 radical (unpaired) electrons. The quantitative estimate of drug-likeness (QED) is 0.0423. The molecule has 0 heterocycles. The normalized spacial score (nSPS) is 11.5. The van der Waals surface area contributed by atoms with Gasteiger partial charge < -0.3 is 52.1 Å². The molecule has 0 aliphatic heterocycles. The first kappa shape index (κ1) is 65.6. The summed E-state index contributed by atoms with van der Waals surface area (Å²) in [4.78, 5) is 23.8. The van der Waals surface area contributed by atoms with Gasteiger partial charge in [0.1, 0.15) is 13.2 Å². The Morgan fingerprint density at radius 1 is 0.209 bits per heavy atom. The second kappa shape index (κ2) is 60.7. The maximum Gasteiger partial charge on any atom is 0.305 e. The molecular weight excluding hydrogens is 857 g/mol. The van der Waals surface area contributed by atoms with E-state index in [0.29, 0.717) is 132 Å². The lowest BCUT2D eigenvalue weighted by atomic mass is 10.0. The zero-order chi connectivity index (χ0) is 48.3. The summed E-state index contributed by atoms with van der Waals surface area (Å²) in [5.74, 6) is -0.265. The highest BCUT2D eigenvalue weighted by molar-refractivity contribution is 5.69. The van der Waals surface area contributed by atoms with E-state index in [-0.39, 0.29) is 25.2 Å². The number of carbonyl (C=O) groups is 2. The van der Waals surface area contributed by atoms with Crippen LogP contribution in [0.3, 0.4) is 0 Å². The standard InChI is InChI=1S/C54H106O13/c1-3-5-7-9-11-13-15-17-18-20-22-24-26-28-30-32-54(56)67-52-50-65-48-46-63-44-42-61-40-38-59-36-34-57-33-35-58-37-39-60-41-43-62-45-47-64-49-51-66-53(55)31-29-27-25-23-21-19-16-14-12-10-8-6-4-2/h3-52H2,1-2H3. The third-order valence-electron chi connectivity index (χ3n) is 11.4. The Kier molecular flexibility index (Phi) is 59.4. The van der Waals surface area contributed by atoms with Crippen LogP contribution in [0.15, 0.2) is 0 Å². The maximum absolute atomic E-state index is 11.9. The second-order valence-corrected chi connectivity index (χ2v) is 17.6. The molecule has 0 unspecified atom stereocenters. The van der Waals surface area contributed by atoms with Gasteiger partial charge in [0, 0.05) is 12.8 Å². The zero-order valence-corrected chi connectivity index (χ0v) is 43.7. The van der Waals surface area contributed by atoms with Gasteiger partial charge in [0.15, 0.2) is 0 Å². The van der Waals surface area contributed by atoms with E-state index in [1.165, 1.54) is 154 Å². The largest absolute Gasteiger partial charge is 0.463 e. The van der Waals surface area contributed by atoms with E-state index < -0.39 is 0 Å². The highest BCUT2D eigenvalue weighted by Crippen LogP contribution is 2.15. The van der Waals surface area contributed by atoms with E-state index in [2.05, 4.69) is 13.8 Å². The molecule has 0 bridgehead atoms. The van der Waals surface area contributed by atoms with Crippen LogP contribution in [0.4, 0.5) is 0 Å². The van der Waals surface area contributed by atoms with Gasteiger partial charge >= 0.3 is 11.9 Å². The Bertz CT molecular complexity index is 943. The molecule has 0 aromatic carbocycles. The molecule has 400 valence electrons. The number of carbonyl (C=O) groups excluding carboxylic acids is 2. The Balaban J connectivity index is 3.17. The van der Waals surface area contributed by atoms with Crippen LogP contribution < -0.4 is 0 Å². The van der Waals surface area contributed by atoms with Crippen molar-refractivity contribution in [3.05, 3.63) is 0 Å². The van der Waals surface area contributed by atoms with E-state index in [1.54, 1.807) is 0 Å². The van der Waals surface area contributed by atoms with Gasteiger partial charge in [-0.15, -0.1) is 0 Å². The van der Waals surface area contributed by atoms with Crippen molar-refractivity contribution in [3.63, 3.8) is 0 Å². The number of rotatable bonds is 60. The molecule has 0 N–H and O–H groups in total. The van der Waals surface area contributed by atoms with Crippen molar-refractivity contribution < 1.29 is 61.7 Å². The average molecular weight is 963 g/mol. The summed E-state index contributed by atoms with van der Waals surface area (Å²) in [5, 5.41) is 0. The molecular formula is C54H106O13. The first-order valence-electron chi connectivity index (χ1n) is 27.7. The third kappa shape index (κ3) is 60.6. The molecule has 0 aliphatic rings. The number of ether oxygens (including phenoxy) is 11. The Hall–Kier alpha value is -1.42. The molecule has 13 heteroatoms. The second-order valence-electron chi connectivity index (χ2n) is 17.6. The fourth-order valence-corrected chi connectivity index (χ4v) is 7.36. The van der Waals surface area contributed by atoms with E-state index in [0.717, 1.165) is 25.7 Å². The van der Waals surface area contributed by atoms with E-state index >= 15 is 0 Å². The van der Waals surface area contributed by atoms with Gasteiger partial charge in [-0.2, -0.15) is 0 Å². The van der Waals surface area contributed by atoms with Crippen LogP contribution in [0.1, 0.15) is 206 Å². The van der Waals surface area contributed by atoms with Gasteiger partial charge in [-0.25, -0.2) is 0 Å². The zero-order valence-electron chi connectivity index (χ0n) is 43.7. The first-order valence-corrected chi connectivity index (χ1v) is 27.7. The van der Waals surface area contributed by atoms with Crippen LogP contribution in [-0.4, -0.2) is 144 Å². The number of esters is 2. The summed E-state index contributed by atoms with van der Waals surface area (Å²) in [6.45, 7) is 13.6. The van der Waals surface area contributed by atoms with Crippen LogP contribution in [0.5, 0.6) is 0 Å². The van der Waals surface area contributed by atoms with Gasteiger partial charge in [0.2, 0.25) is 0 Å². The molecule has 0 saturated heterocycles. The fraction of sp³-hybridized carbons (Fsp3) is 0.963. The van der Waals surface area contributed by atoms with Crippen molar-refractivity contribution in [3.8, 4) is 0 Å². The molecule has 0 fully saturated rings. The molecule has 0 aliphatic carbocycles. The SMILES string of the molecule is CCCCCCCCCCCCCCCCCC(=O)OCCOCCOCCOCCOCCOCCOCCOCCOCCOCCOC(=O)CCCCCCCCCCCCCCC. The van der Waals surface area contributed by atoms with Gasteiger partial charge in [-0.1, -0.05) is 181 Å². The van der Waals surface area contributed by atoms with E-state index in [9.17, 15) is 9.59 Å². The summed E-state index contributed by atoms with van der Waals surface area (Å²) in [5.41, 5.74) is 0. The van der Waals surface area contributed by atoms with E-state index in [4.69, 9.17) is 52.1 Å². The minimum Gasteiger partial charge on any atom is -0.463 e. The number of unbranched alkanes of at least 4 members (excludes halogenated alkanes) is 26. The predicted molar refractivity (Wildman–Crippen MR) is 269 cm³/mol. The molecule has 67 heavy (non-hydrogen) atoms. The summed E-state index contributed by atoms with van der Waals surface area (Å²) in [6.07, 6.45) is 37.5. The average Bonchev–Trinajstić information content (AvgIpc) is 3.33. The van der Waals surface area contributed by atoms with Crippen molar-refractivity contribution >= 4 is 11.9 Å². The van der Waals surface area contributed by atoms with Gasteiger partial charge in [-0.3, -0.25) is 9.59 Å². The van der Waals surface area contributed by atoms with Crippen molar-refractivity contribution in [1.29, 1.82) is 0 Å². The lowest BCUT2D eigenvalue weighted by molar-refractivity contribution is -0.146. The molecule has 13 nitrogen and oxygen atoms in total. The first-order chi connectivity index (χ1) is 33.2. The fourth-order valence-electron chi connectivity index (χ4n) is 7.36. The van der Waals surface area contributed by atoms with Crippen LogP contribution in [0.2, 0.25) is 0 Å². The topological polar surface area (TPSA) is 136 Å². The molecule has 0 saturated carbocycles. The summed E-state index contributed by atoms with van der Waals surface area (Å²) < 4.78 is 60.2. The van der Waals surface area contributed by atoms with Crippen LogP contribution in [0.25, 0.3) is 0 Å². The molecule has 0 aromatic rings. The number of hydrogen-bond acceptors (Lipinski definition) is 13. The smallest absolute Gasteiger partial charge is 0.305 e. The molecule has 0 amide bonds. The minimum atomic E-state index is -0.133. The van der Waals surface area contributed by atoms with E-state index in [1.807, 2.05) is 0 Å². The van der Waals surface area contributed by atoms with Crippen LogP contribution in [0, 0.1) is 0 Å². The summed E-state index contributed by atoms with van der Waals surface area (Å²) >= 11 is 0. The lowest BCUT2D eigenvalue weighted by Gasteiger charge is -2.09. The van der Waals surface area contributed by atoms with Crippen molar-refractivity contribution in [2.75, 3.05) is 132 Å². The highest BCUT2D eigenvalue weighted by Gasteiger charge is 2.05. The maximum atomic E-state index is 11.9. The lowest BCUT2D eigenvalue weighted by Crippen LogP contribution is -2.15. The van der Waals surface area contributed by atoms with Crippen molar-refractivity contribution in [2.24, 2.45) is 0 Å². The van der Waals surface area contributed by atoms with Gasteiger partial charge in [0.05, 0.1) is 119 Å². The molecule has 0 rings (SSSR count). The molecule has 0 aromatic heterocycles. The Labute approximate surface area is 411 Å². The predicted octanol–water partition coefficient (Wildman–Crippen LogP) is 12.0. The van der Waals surface area contributed by atoms with Gasteiger partial charge in [-0.05, 0) is 12.8 Å².